The Labute approximate surface area is 226 Å². The molecule has 2 heterocycles. The minimum absolute atomic E-state index is 0.236. The molecule has 0 nitrogen and oxygen atoms in total. The molecule has 1 aliphatic rings. The van der Waals surface area contributed by atoms with E-state index in [1.54, 1.807) is 38.1 Å². The van der Waals surface area contributed by atoms with Gasteiger partial charge < -0.3 is 0 Å². The van der Waals surface area contributed by atoms with Crippen LogP contribution in [0, 0.1) is 13.8 Å². The second-order valence-corrected chi connectivity index (χ2v) is 12.0. The number of hydrogen-bond donors (Lipinski definition) is 0. The molecule has 1 aliphatic carbocycles. The first-order chi connectivity index (χ1) is 18.5. The van der Waals surface area contributed by atoms with Crippen LogP contribution >= 0.6 is 22.7 Å². The van der Waals surface area contributed by atoms with Crippen LogP contribution in [0.5, 0.6) is 0 Å². The molecule has 0 bridgehead atoms. The van der Waals surface area contributed by atoms with E-state index in [1.165, 1.54) is 0 Å². The van der Waals surface area contributed by atoms with Crippen LogP contribution < -0.4 is 0 Å². The van der Waals surface area contributed by atoms with E-state index in [2.05, 4.69) is 0 Å². The van der Waals surface area contributed by atoms with Crippen molar-refractivity contribution in [2.24, 2.45) is 0 Å². The average Bonchev–Trinajstić information content (AvgIpc) is 3.45. The number of allylic oxidation sites excluding steroid dienone is 2. The lowest BCUT2D eigenvalue weighted by Gasteiger charge is -2.25. The van der Waals surface area contributed by atoms with E-state index in [0.717, 1.165) is 44.2 Å². The Morgan fingerprint density at radius 1 is 0.513 bits per heavy atom. The molecule has 0 unspecified atom stereocenters. The molecule has 39 heavy (non-hydrogen) atoms. The van der Waals surface area contributed by atoms with Gasteiger partial charge in [-0.15, -0.1) is 22.7 Å². The number of thiophene rings is 2. The van der Waals surface area contributed by atoms with E-state index in [4.69, 9.17) is 0 Å². The lowest BCUT2D eigenvalue weighted by molar-refractivity contribution is -0.254. The van der Waals surface area contributed by atoms with E-state index >= 15 is 26.3 Å². The third-order valence-corrected chi connectivity index (χ3v) is 10.3. The Bertz CT molecular complexity index is 1880. The second kappa shape index (κ2) is 7.86. The van der Waals surface area contributed by atoms with Gasteiger partial charge in [0.05, 0.1) is 11.1 Å². The molecule has 7 rings (SSSR count). The van der Waals surface area contributed by atoms with Crippen molar-refractivity contribution in [2.75, 3.05) is 0 Å². The van der Waals surface area contributed by atoms with Crippen LogP contribution in [0.15, 0.2) is 72.8 Å². The quantitative estimate of drug-likeness (QED) is 0.182. The molecule has 0 fully saturated rings. The maximum Gasteiger partial charge on any atom is 0.380 e. The molecule has 0 saturated carbocycles. The highest BCUT2D eigenvalue weighted by Crippen LogP contribution is 2.67. The van der Waals surface area contributed by atoms with Crippen molar-refractivity contribution in [3.8, 4) is 0 Å². The van der Waals surface area contributed by atoms with Gasteiger partial charge in [0.2, 0.25) is 0 Å². The number of rotatable bonds is 2. The van der Waals surface area contributed by atoms with Crippen LogP contribution in [0.25, 0.3) is 52.9 Å². The molecule has 2 aromatic heterocycles. The fourth-order valence-electron chi connectivity index (χ4n) is 5.86. The number of fused-ring (bicyclic) bond motifs is 6. The molecule has 0 spiro atoms. The summed E-state index contributed by atoms with van der Waals surface area (Å²) in [5, 5.41) is 4.39. The summed E-state index contributed by atoms with van der Waals surface area (Å²) >= 11 is 1.71. The summed E-state index contributed by atoms with van der Waals surface area (Å²) in [5.74, 6) is -15.8. The van der Waals surface area contributed by atoms with Gasteiger partial charge in [-0.2, -0.15) is 26.3 Å². The Hall–Kier alpha value is -3.36. The molecule has 0 amide bonds. The zero-order valence-corrected chi connectivity index (χ0v) is 22.1. The van der Waals surface area contributed by atoms with Crippen LogP contribution in [0.4, 0.5) is 26.3 Å². The average molecular weight is 569 g/mol. The first kappa shape index (κ1) is 24.7. The van der Waals surface area contributed by atoms with Crippen LogP contribution in [-0.4, -0.2) is 17.8 Å². The van der Waals surface area contributed by atoms with Gasteiger partial charge in [0.1, 0.15) is 0 Å². The summed E-state index contributed by atoms with van der Waals surface area (Å²) in [5.41, 5.74) is -1.98. The topological polar surface area (TPSA) is 0 Å². The van der Waals surface area contributed by atoms with Crippen molar-refractivity contribution in [3.63, 3.8) is 0 Å². The summed E-state index contributed by atoms with van der Waals surface area (Å²) in [6.45, 7) is 3.09. The Balaban J connectivity index is 1.62. The first-order valence-corrected chi connectivity index (χ1v) is 13.8. The van der Waals surface area contributed by atoms with Crippen LogP contribution in [0.2, 0.25) is 0 Å². The highest BCUT2D eigenvalue weighted by atomic mass is 32.1. The van der Waals surface area contributed by atoms with Crippen molar-refractivity contribution in [1.82, 2.24) is 0 Å². The van der Waals surface area contributed by atoms with Gasteiger partial charge in [-0.25, -0.2) is 0 Å². The van der Waals surface area contributed by atoms with Gasteiger partial charge in [-0.1, -0.05) is 60.7 Å². The van der Waals surface area contributed by atoms with Crippen LogP contribution in [0.3, 0.4) is 0 Å². The standard InChI is InChI=1S/C31H18F6S2/c1-15-23-19-9-5-3-7-17(19)11-13-21(23)38-27(15)25-26(30(34,35)31(36,37)29(25,32)33)28-16(2)24-20-10-6-4-8-18(20)12-14-22(24)39-28/h3-14H,1-2H3. The molecule has 6 aromatic rings. The fourth-order valence-corrected chi connectivity index (χ4v) is 8.48. The van der Waals surface area contributed by atoms with Crippen molar-refractivity contribution >= 4 is 75.5 Å². The van der Waals surface area contributed by atoms with E-state index in [-0.39, 0.29) is 20.9 Å². The van der Waals surface area contributed by atoms with Crippen molar-refractivity contribution in [1.29, 1.82) is 0 Å². The number of aryl methyl sites for hydroxylation is 2. The minimum Gasteiger partial charge on any atom is -0.194 e. The number of benzene rings is 4. The fraction of sp³-hybridized carbons (Fsp3) is 0.161. The van der Waals surface area contributed by atoms with Crippen molar-refractivity contribution in [3.05, 3.63) is 93.7 Å². The number of alkyl halides is 6. The van der Waals surface area contributed by atoms with Gasteiger partial charge in [0.15, 0.2) is 0 Å². The first-order valence-electron chi connectivity index (χ1n) is 12.2. The largest absolute Gasteiger partial charge is 0.380 e. The summed E-state index contributed by atoms with van der Waals surface area (Å²) < 4.78 is 94.1. The summed E-state index contributed by atoms with van der Waals surface area (Å²) in [6, 6.07) is 21.6. The third kappa shape index (κ3) is 3.01. The number of hydrogen-bond acceptors (Lipinski definition) is 2. The van der Waals surface area contributed by atoms with E-state index in [1.807, 2.05) is 48.5 Å². The normalized spacial score (nSPS) is 18.3. The third-order valence-electron chi connectivity index (χ3n) is 7.76. The molecule has 0 atom stereocenters. The van der Waals surface area contributed by atoms with Gasteiger partial charge in [0, 0.05) is 29.9 Å². The second-order valence-electron chi connectivity index (χ2n) is 9.91. The molecule has 0 saturated heterocycles. The van der Waals surface area contributed by atoms with E-state index < -0.39 is 28.9 Å². The van der Waals surface area contributed by atoms with Gasteiger partial charge >= 0.3 is 17.8 Å². The predicted molar refractivity (Wildman–Crippen MR) is 150 cm³/mol. The predicted octanol–water partition coefficient (Wildman–Crippen LogP) is 10.9. The smallest absolute Gasteiger partial charge is 0.194 e. The molecule has 0 N–H and O–H groups in total. The Morgan fingerprint density at radius 3 is 1.31 bits per heavy atom. The zero-order valence-electron chi connectivity index (χ0n) is 20.5. The molecule has 8 heteroatoms. The molecule has 4 aromatic carbocycles. The summed E-state index contributed by atoms with van der Waals surface area (Å²) in [7, 11) is 0. The van der Waals surface area contributed by atoms with Crippen LogP contribution in [-0.2, 0) is 0 Å². The maximum absolute atomic E-state index is 15.7. The lowest BCUT2D eigenvalue weighted by atomic mass is 9.96. The summed E-state index contributed by atoms with van der Waals surface area (Å²) in [6.07, 6.45) is 0. The molecule has 196 valence electrons. The summed E-state index contributed by atoms with van der Waals surface area (Å²) in [4.78, 5) is -0.472. The molecular formula is C31H18F6S2. The van der Waals surface area contributed by atoms with E-state index in [0.29, 0.717) is 20.2 Å². The highest BCUT2D eigenvalue weighted by Gasteiger charge is 2.80. The highest BCUT2D eigenvalue weighted by molar-refractivity contribution is 7.21. The minimum atomic E-state index is -5.60. The van der Waals surface area contributed by atoms with Gasteiger partial charge in [-0.05, 0) is 58.7 Å². The van der Waals surface area contributed by atoms with E-state index in [9.17, 15) is 0 Å². The van der Waals surface area contributed by atoms with Crippen molar-refractivity contribution in [2.45, 2.75) is 31.6 Å². The number of halogens is 6. The van der Waals surface area contributed by atoms with Gasteiger partial charge in [0.25, 0.3) is 0 Å². The molecular weight excluding hydrogens is 550 g/mol. The molecule has 0 radical (unpaired) electrons. The SMILES string of the molecule is Cc1c(C2=C(c3sc4ccc5ccccc5c4c3C)C(F)(F)C(F)(F)C2(F)F)sc2ccc3ccccc3c12. The van der Waals surface area contributed by atoms with Crippen molar-refractivity contribution < 1.29 is 26.3 Å². The monoisotopic (exact) mass is 568 g/mol. The maximum atomic E-state index is 15.7. The lowest BCUT2D eigenvalue weighted by Crippen LogP contribution is -2.48. The molecule has 0 aliphatic heterocycles. The zero-order chi connectivity index (χ0) is 27.5. The van der Waals surface area contributed by atoms with Crippen LogP contribution in [0.1, 0.15) is 20.9 Å². The Kier molecular flexibility index (Phi) is 4.97. The Morgan fingerprint density at radius 2 is 0.897 bits per heavy atom. The van der Waals surface area contributed by atoms with Gasteiger partial charge in [-0.3, -0.25) is 0 Å².